The lowest BCUT2D eigenvalue weighted by atomic mass is 9.92. The Balaban J connectivity index is 1.84. The first-order valence-corrected chi connectivity index (χ1v) is 9.05. The van der Waals surface area contributed by atoms with Crippen LogP contribution >= 0.6 is 0 Å². The standard InChI is InChI=1S/C20H31NO2/c1-3-4-5-6-7-8-16-9-11-17(12-10-16)18-13-14-20(21,15-18)19(22)23-2/h9-12,18H,3-8,13-15,21H2,1-2H3/t18-,20+/m0/s1. The largest absolute Gasteiger partial charge is 0.468 e. The summed E-state index contributed by atoms with van der Waals surface area (Å²) in [6.45, 7) is 2.25. The zero-order chi connectivity index (χ0) is 16.7. The molecule has 3 heteroatoms. The Morgan fingerprint density at radius 1 is 1.22 bits per heavy atom. The van der Waals surface area contributed by atoms with Crippen LogP contribution in [0.25, 0.3) is 0 Å². The number of hydrogen-bond donors (Lipinski definition) is 1. The number of nitrogens with two attached hydrogens (primary N) is 1. The Hall–Kier alpha value is -1.35. The third-order valence-electron chi connectivity index (χ3n) is 5.16. The molecule has 1 aromatic rings. The molecule has 0 unspecified atom stereocenters. The third-order valence-corrected chi connectivity index (χ3v) is 5.16. The molecule has 1 aliphatic carbocycles. The highest BCUT2D eigenvalue weighted by molar-refractivity contribution is 5.81. The van der Waals surface area contributed by atoms with Crippen LogP contribution in [0.3, 0.4) is 0 Å². The summed E-state index contributed by atoms with van der Waals surface area (Å²) in [6, 6.07) is 8.91. The van der Waals surface area contributed by atoms with E-state index in [0.717, 1.165) is 12.8 Å². The van der Waals surface area contributed by atoms with E-state index in [2.05, 4.69) is 31.2 Å². The molecule has 1 fully saturated rings. The van der Waals surface area contributed by atoms with Gasteiger partial charge in [0, 0.05) is 0 Å². The Morgan fingerprint density at radius 3 is 2.57 bits per heavy atom. The fourth-order valence-electron chi connectivity index (χ4n) is 3.64. The Bertz CT molecular complexity index is 497. The van der Waals surface area contributed by atoms with Gasteiger partial charge in [0.2, 0.25) is 0 Å². The predicted octanol–water partition coefficient (Wildman–Crippen LogP) is 4.34. The van der Waals surface area contributed by atoms with Gasteiger partial charge in [0.25, 0.3) is 0 Å². The smallest absolute Gasteiger partial charge is 0.325 e. The Morgan fingerprint density at radius 2 is 1.91 bits per heavy atom. The maximum Gasteiger partial charge on any atom is 0.325 e. The molecule has 128 valence electrons. The summed E-state index contributed by atoms with van der Waals surface area (Å²) in [5.41, 5.74) is 8.12. The molecule has 0 spiro atoms. The molecular formula is C20H31NO2. The van der Waals surface area contributed by atoms with Crippen molar-refractivity contribution >= 4 is 5.97 Å². The molecule has 3 nitrogen and oxygen atoms in total. The van der Waals surface area contributed by atoms with Crippen LogP contribution in [0, 0.1) is 0 Å². The molecule has 0 aromatic heterocycles. The number of ether oxygens (including phenoxy) is 1. The van der Waals surface area contributed by atoms with Crippen LogP contribution in [0.2, 0.25) is 0 Å². The molecule has 0 amide bonds. The fraction of sp³-hybridized carbons (Fsp3) is 0.650. The average molecular weight is 317 g/mol. The second-order valence-corrected chi connectivity index (χ2v) is 6.99. The second kappa shape index (κ2) is 8.49. The number of esters is 1. The van der Waals surface area contributed by atoms with Crippen LogP contribution in [-0.4, -0.2) is 18.6 Å². The van der Waals surface area contributed by atoms with Crippen molar-refractivity contribution in [1.29, 1.82) is 0 Å². The van der Waals surface area contributed by atoms with Gasteiger partial charge in [-0.25, -0.2) is 0 Å². The molecule has 0 radical (unpaired) electrons. The minimum absolute atomic E-state index is 0.274. The van der Waals surface area contributed by atoms with Gasteiger partial charge in [-0.1, -0.05) is 56.9 Å². The maximum absolute atomic E-state index is 11.8. The van der Waals surface area contributed by atoms with Gasteiger partial charge in [-0.05, 0) is 49.1 Å². The van der Waals surface area contributed by atoms with Crippen molar-refractivity contribution in [2.45, 2.75) is 76.2 Å². The molecule has 2 N–H and O–H groups in total. The highest BCUT2D eigenvalue weighted by Gasteiger charge is 2.43. The third kappa shape index (κ3) is 4.81. The van der Waals surface area contributed by atoms with Crippen molar-refractivity contribution in [3.05, 3.63) is 35.4 Å². The molecule has 0 aliphatic heterocycles. The predicted molar refractivity (Wildman–Crippen MR) is 94.4 cm³/mol. The number of benzene rings is 1. The lowest BCUT2D eigenvalue weighted by Crippen LogP contribution is -2.46. The van der Waals surface area contributed by atoms with Gasteiger partial charge in [-0.15, -0.1) is 0 Å². The average Bonchev–Trinajstić information content (AvgIpc) is 2.98. The monoisotopic (exact) mass is 317 g/mol. The van der Waals surface area contributed by atoms with Gasteiger partial charge in [0.15, 0.2) is 0 Å². The molecule has 23 heavy (non-hydrogen) atoms. The van der Waals surface area contributed by atoms with Crippen LogP contribution in [-0.2, 0) is 16.0 Å². The topological polar surface area (TPSA) is 52.3 Å². The molecular weight excluding hydrogens is 286 g/mol. The number of hydrogen-bond acceptors (Lipinski definition) is 3. The van der Waals surface area contributed by atoms with E-state index in [-0.39, 0.29) is 5.97 Å². The van der Waals surface area contributed by atoms with E-state index >= 15 is 0 Å². The van der Waals surface area contributed by atoms with E-state index < -0.39 is 5.54 Å². The molecule has 0 heterocycles. The highest BCUT2D eigenvalue weighted by Crippen LogP contribution is 2.40. The van der Waals surface area contributed by atoms with Gasteiger partial charge >= 0.3 is 5.97 Å². The molecule has 0 bridgehead atoms. The number of unbranched alkanes of at least 4 members (excludes halogenated alkanes) is 4. The van der Waals surface area contributed by atoms with Crippen molar-refractivity contribution in [2.24, 2.45) is 5.73 Å². The number of methoxy groups -OCH3 is 1. The van der Waals surface area contributed by atoms with Gasteiger partial charge < -0.3 is 10.5 Å². The van der Waals surface area contributed by atoms with E-state index in [9.17, 15) is 4.79 Å². The number of carbonyl (C=O) groups excluding carboxylic acids is 1. The fourth-order valence-corrected chi connectivity index (χ4v) is 3.64. The first-order valence-electron chi connectivity index (χ1n) is 9.05. The molecule has 0 saturated heterocycles. The summed E-state index contributed by atoms with van der Waals surface area (Å²) < 4.78 is 4.85. The Kier molecular flexibility index (Phi) is 6.64. The van der Waals surface area contributed by atoms with E-state index in [1.54, 1.807) is 0 Å². The molecule has 1 aromatic carbocycles. The first-order chi connectivity index (χ1) is 11.1. The van der Waals surface area contributed by atoms with Crippen molar-refractivity contribution in [3.8, 4) is 0 Å². The van der Waals surface area contributed by atoms with Gasteiger partial charge in [-0.2, -0.15) is 0 Å². The second-order valence-electron chi connectivity index (χ2n) is 6.99. The molecule has 2 rings (SSSR count). The zero-order valence-corrected chi connectivity index (χ0v) is 14.6. The number of rotatable bonds is 8. The van der Waals surface area contributed by atoms with Crippen LogP contribution in [0.1, 0.15) is 75.3 Å². The zero-order valence-electron chi connectivity index (χ0n) is 14.6. The van der Waals surface area contributed by atoms with Crippen molar-refractivity contribution in [2.75, 3.05) is 7.11 Å². The summed E-state index contributed by atoms with van der Waals surface area (Å²) in [7, 11) is 1.42. The minimum atomic E-state index is -0.794. The molecule has 1 saturated carbocycles. The lowest BCUT2D eigenvalue weighted by Gasteiger charge is -2.20. The number of aryl methyl sites for hydroxylation is 1. The summed E-state index contributed by atoms with van der Waals surface area (Å²) in [6.07, 6.45) is 10.1. The first kappa shape index (κ1) is 18.0. The Labute approximate surface area is 140 Å². The number of carbonyl (C=O) groups is 1. The summed E-state index contributed by atoms with van der Waals surface area (Å²) in [4.78, 5) is 11.8. The van der Waals surface area contributed by atoms with Crippen LogP contribution in [0.5, 0.6) is 0 Å². The maximum atomic E-state index is 11.8. The van der Waals surface area contributed by atoms with E-state index in [0.29, 0.717) is 18.8 Å². The SMILES string of the molecule is CCCCCCCc1ccc([C@H]2CC[C@](N)(C(=O)OC)C2)cc1. The van der Waals surface area contributed by atoms with Crippen LogP contribution in [0.15, 0.2) is 24.3 Å². The quantitative estimate of drug-likeness (QED) is 0.573. The van der Waals surface area contributed by atoms with Gasteiger partial charge in [0.05, 0.1) is 7.11 Å². The van der Waals surface area contributed by atoms with Crippen molar-refractivity contribution in [1.82, 2.24) is 0 Å². The molecule has 2 atom stereocenters. The van der Waals surface area contributed by atoms with E-state index in [1.165, 1.54) is 50.3 Å². The van der Waals surface area contributed by atoms with Crippen molar-refractivity contribution in [3.63, 3.8) is 0 Å². The lowest BCUT2D eigenvalue weighted by molar-refractivity contribution is -0.146. The highest BCUT2D eigenvalue weighted by atomic mass is 16.5. The summed E-state index contributed by atoms with van der Waals surface area (Å²) >= 11 is 0. The van der Waals surface area contributed by atoms with Crippen LogP contribution in [0.4, 0.5) is 0 Å². The van der Waals surface area contributed by atoms with Crippen LogP contribution < -0.4 is 5.73 Å². The summed E-state index contributed by atoms with van der Waals surface area (Å²) in [5, 5.41) is 0. The normalized spacial score (nSPS) is 23.9. The van der Waals surface area contributed by atoms with Gasteiger partial charge in [-0.3, -0.25) is 4.79 Å². The molecule has 1 aliphatic rings. The summed E-state index contributed by atoms with van der Waals surface area (Å²) in [5.74, 6) is 0.0985. The van der Waals surface area contributed by atoms with E-state index in [1.807, 2.05) is 0 Å². The van der Waals surface area contributed by atoms with E-state index in [4.69, 9.17) is 10.5 Å². The van der Waals surface area contributed by atoms with Crippen molar-refractivity contribution < 1.29 is 9.53 Å². The minimum Gasteiger partial charge on any atom is -0.468 e. The van der Waals surface area contributed by atoms with Gasteiger partial charge in [0.1, 0.15) is 5.54 Å².